The number of anilines is 1. The first kappa shape index (κ1) is 21.6. The molecule has 8 nitrogen and oxygen atoms in total. The molecular weight excluding hydrogens is 425 g/mol. The minimum atomic E-state index is -4.76. The summed E-state index contributed by atoms with van der Waals surface area (Å²) in [6.07, 6.45) is -0.134. The highest BCUT2D eigenvalue weighted by atomic mass is 19.4. The number of alkyl halides is 3. The lowest BCUT2D eigenvalue weighted by Crippen LogP contribution is -2.52. The molecule has 0 aliphatic rings. The fourth-order valence-electron chi connectivity index (χ4n) is 3.75. The first-order chi connectivity index (χ1) is 14.9. The Labute approximate surface area is 180 Å². The van der Waals surface area contributed by atoms with Gasteiger partial charge in [0.05, 0.1) is 28.3 Å². The van der Waals surface area contributed by atoms with Gasteiger partial charge in [0.15, 0.2) is 6.04 Å². The van der Waals surface area contributed by atoms with Crippen LogP contribution >= 0.6 is 0 Å². The van der Waals surface area contributed by atoms with Crippen molar-refractivity contribution >= 4 is 33.5 Å². The van der Waals surface area contributed by atoms with E-state index in [2.05, 4.69) is 20.4 Å². The maximum Gasteiger partial charge on any atom is 0.411 e. The van der Waals surface area contributed by atoms with Gasteiger partial charge in [0.1, 0.15) is 5.82 Å². The second-order valence-corrected chi connectivity index (χ2v) is 8.20. The Kier molecular flexibility index (Phi) is 4.88. The van der Waals surface area contributed by atoms with Crippen LogP contribution in [0.1, 0.15) is 24.2 Å². The van der Waals surface area contributed by atoms with E-state index in [-0.39, 0.29) is 22.3 Å². The number of aromatic amines is 1. The van der Waals surface area contributed by atoms with Crippen molar-refractivity contribution in [2.24, 2.45) is 12.8 Å². The van der Waals surface area contributed by atoms with E-state index >= 15 is 0 Å². The van der Waals surface area contributed by atoms with Crippen LogP contribution in [0.5, 0.6) is 0 Å². The molecule has 1 aromatic carbocycles. The Hall–Kier alpha value is -3.60. The molecule has 3 aromatic heterocycles. The predicted octanol–water partition coefficient (Wildman–Crippen LogP) is 3.33. The summed E-state index contributed by atoms with van der Waals surface area (Å²) in [5.74, 6) is -0.905. The third-order valence-electron chi connectivity index (χ3n) is 5.25. The summed E-state index contributed by atoms with van der Waals surface area (Å²) in [6, 6.07) is 3.02. The molecule has 0 saturated heterocycles. The molecule has 0 radical (unpaired) electrons. The van der Waals surface area contributed by atoms with Crippen molar-refractivity contribution in [3.8, 4) is 11.1 Å². The number of carbonyl (C=O) groups excluding carboxylic acids is 1. The van der Waals surface area contributed by atoms with Crippen molar-refractivity contribution in [1.29, 1.82) is 0 Å². The SMILES string of the molecule is Cn1cc(-c2ccc3c(c2)[nH]c2c(C(N)=O)cnc(NC(C(C)(C)O)C(F)(F)F)c23)cn1. The van der Waals surface area contributed by atoms with Crippen LogP contribution < -0.4 is 11.1 Å². The Morgan fingerprint density at radius 1 is 1.25 bits per heavy atom. The number of nitrogens with zero attached hydrogens (tertiary/aromatic N) is 3. The van der Waals surface area contributed by atoms with Gasteiger partial charge in [-0.3, -0.25) is 9.48 Å². The Morgan fingerprint density at radius 3 is 2.53 bits per heavy atom. The van der Waals surface area contributed by atoms with Gasteiger partial charge in [0, 0.05) is 35.9 Å². The normalized spacial score (nSPS) is 13.6. The largest absolute Gasteiger partial charge is 0.411 e. The summed E-state index contributed by atoms with van der Waals surface area (Å²) in [4.78, 5) is 19.1. The molecule has 0 bridgehead atoms. The number of carbonyl (C=O) groups is 1. The van der Waals surface area contributed by atoms with Crippen LogP contribution in [0.3, 0.4) is 0 Å². The molecule has 0 saturated carbocycles. The molecule has 3 heterocycles. The summed E-state index contributed by atoms with van der Waals surface area (Å²) in [7, 11) is 1.79. The van der Waals surface area contributed by atoms with Crippen LogP contribution in [0.2, 0.25) is 0 Å². The van der Waals surface area contributed by atoms with E-state index in [1.807, 2.05) is 6.20 Å². The van der Waals surface area contributed by atoms with Crippen molar-refractivity contribution in [2.45, 2.75) is 31.7 Å². The van der Waals surface area contributed by atoms with Gasteiger partial charge in [0.2, 0.25) is 0 Å². The second-order valence-electron chi connectivity index (χ2n) is 8.20. The zero-order valence-corrected chi connectivity index (χ0v) is 17.4. The molecule has 1 atom stereocenters. The number of nitrogens with one attached hydrogen (secondary N) is 2. The van der Waals surface area contributed by atoms with E-state index in [1.54, 1.807) is 36.1 Å². The predicted molar refractivity (Wildman–Crippen MR) is 114 cm³/mol. The van der Waals surface area contributed by atoms with E-state index in [4.69, 9.17) is 5.73 Å². The van der Waals surface area contributed by atoms with Crippen LogP contribution in [-0.2, 0) is 7.05 Å². The smallest absolute Gasteiger partial charge is 0.388 e. The number of aliphatic hydroxyl groups is 1. The van der Waals surface area contributed by atoms with E-state index < -0.39 is 23.7 Å². The van der Waals surface area contributed by atoms with Crippen molar-refractivity contribution < 1.29 is 23.1 Å². The molecule has 32 heavy (non-hydrogen) atoms. The number of rotatable bonds is 5. The summed E-state index contributed by atoms with van der Waals surface area (Å²) < 4.78 is 42.6. The molecule has 168 valence electrons. The molecule has 1 amide bonds. The summed E-state index contributed by atoms with van der Waals surface area (Å²) in [6.45, 7) is 2.12. The maximum absolute atomic E-state index is 13.7. The van der Waals surface area contributed by atoms with E-state index in [1.165, 1.54) is 0 Å². The van der Waals surface area contributed by atoms with Gasteiger partial charge in [0.25, 0.3) is 5.91 Å². The van der Waals surface area contributed by atoms with Crippen LogP contribution in [0, 0.1) is 0 Å². The first-order valence-corrected chi connectivity index (χ1v) is 9.65. The van der Waals surface area contributed by atoms with Crippen molar-refractivity contribution in [2.75, 3.05) is 5.32 Å². The number of H-pyrrole nitrogens is 1. The number of primary amides is 1. The van der Waals surface area contributed by atoms with Crippen LogP contribution in [-0.4, -0.2) is 48.6 Å². The Bertz CT molecular complexity index is 1320. The monoisotopic (exact) mass is 446 g/mol. The van der Waals surface area contributed by atoms with Crippen LogP contribution in [0.15, 0.2) is 36.8 Å². The molecule has 4 aromatic rings. The van der Waals surface area contributed by atoms with Crippen molar-refractivity contribution in [3.05, 3.63) is 42.4 Å². The lowest BCUT2D eigenvalue weighted by molar-refractivity contribution is -0.178. The maximum atomic E-state index is 13.7. The quantitative estimate of drug-likeness (QED) is 0.375. The number of aryl methyl sites for hydroxylation is 1. The number of aromatic nitrogens is 4. The zero-order valence-electron chi connectivity index (χ0n) is 17.4. The third-order valence-corrected chi connectivity index (χ3v) is 5.25. The minimum Gasteiger partial charge on any atom is -0.388 e. The fraction of sp³-hybridized carbons (Fsp3) is 0.286. The molecule has 0 spiro atoms. The number of fused-ring (bicyclic) bond motifs is 3. The van der Waals surface area contributed by atoms with Gasteiger partial charge in [-0.2, -0.15) is 18.3 Å². The third kappa shape index (κ3) is 3.75. The van der Waals surface area contributed by atoms with E-state index in [0.717, 1.165) is 31.2 Å². The van der Waals surface area contributed by atoms with Gasteiger partial charge >= 0.3 is 6.18 Å². The fourth-order valence-corrected chi connectivity index (χ4v) is 3.75. The van der Waals surface area contributed by atoms with Gasteiger partial charge in [-0.25, -0.2) is 4.98 Å². The molecule has 0 aliphatic heterocycles. The number of benzene rings is 1. The summed E-state index contributed by atoms with van der Waals surface area (Å²) in [5, 5.41) is 17.4. The average molecular weight is 446 g/mol. The van der Waals surface area contributed by atoms with Gasteiger partial charge in [-0.15, -0.1) is 0 Å². The highest BCUT2D eigenvalue weighted by Gasteiger charge is 2.49. The topological polar surface area (TPSA) is 122 Å². The molecule has 0 fully saturated rings. The number of hydrogen-bond acceptors (Lipinski definition) is 5. The first-order valence-electron chi connectivity index (χ1n) is 9.65. The summed E-state index contributed by atoms with van der Waals surface area (Å²) >= 11 is 0. The molecule has 4 rings (SSSR count). The summed E-state index contributed by atoms with van der Waals surface area (Å²) in [5.41, 5.74) is 5.87. The Balaban J connectivity index is 1.94. The number of hydrogen-bond donors (Lipinski definition) is 4. The van der Waals surface area contributed by atoms with E-state index in [0.29, 0.717) is 10.9 Å². The van der Waals surface area contributed by atoms with E-state index in [9.17, 15) is 23.1 Å². The molecule has 1 unspecified atom stereocenters. The highest BCUT2D eigenvalue weighted by molar-refractivity contribution is 6.18. The van der Waals surface area contributed by atoms with Crippen LogP contribution in [0.4, 0.5) is 19.0 Å². The number of pyridine rings is 1. The standard InChI is InChI=1S/C21H21F3N6O2/c1-20(2,32)19(21(22,23)24)29-18-15-12-5-4-10(11-7-27-30(3)9-11)6-14(12)28-16(15)13(8-26-18)17(25)31/h4-9,19,28,32H,1-3H3,(H2,25,31)(H,26,29). The van der Waals surface area contributed by atoms with Gasteiger partial charge in [-0.05, 0) is 25.5 Å². The lowest BCUT2D eigenvalue weighted by Gasteiger charge is -2.32. The van der Waals surface area contributed by atoms with Gasteiger partial charge < -0.3 is 21.1 Å². The van der Waals surface area contributed by atoms with Crippen molar-refractivity contribution in [1.82, 2.24) is 19.7 Å². The second kappa shape index (κ2) is 7.23. The molecule has 11 heteroatoms. The van der Waals surface area contributed by atoms with Crippen LogP contribution in [0.25, 0.3) is 32.9 Å². The Morgan fingerprint density at radius 2 is 1.97 bits per heavy atom. The minimum absolute atomic E-state index is 0.0384. The molecule has 5 N–H and O–H groups in total. The van der Waals surface area contributed by atoms with Crippen molar-refractivity contribution in [3.63, 3.8) is 0 Å². The lowest BCUT2D eigenvalue weighted by atomic mass is 9.98. The number of nitrogens with two attached hydrogens (primary N) is 1. The zero-order chi connectivity index (χ0) is 23.4. The molecular formula is C21H21F3N6O2. The highest BCUT2D eigenvalue weighted by Crippen LogP contribution is 2.37. The average Bonchev–Trinajstić information content (AvgIpc) is 3.26. The number of halogens is 3. The number of amides is 1. The molecule has 0 aliphatic carbocycles. The van der Waals surface area contributed by atoms with Gasteiger partial charge in [-0.1, -0.05) is 12.1 Å².